The summed E-state index contributed by atoms with van der Waals surface area (Å²) in [7, 11) is -5.22. The SMILES string of the molecule is COC(=O)c1ccc(C(=O)c2ccccc2F)cc1OS(=O)(=O)C(F)(F)F. The third kappa shape index (κ3) is 4.25. The molecule has 0 fully saturated rings. The van der Waals surface area contributed by atoms with Gasteiger partial charge in [-0.25, -0.2) is 9.18 Å². The van der Waals surface area contributed by atoms with Crippen LogP contribution in [0, 0.1) is 5.82 Å². The van der Waals surface area contributed by atoms with Gasteiger partial charge < -0.3 is 8.92 Å². The van der Waals surface area contributed by atoms with Gasteiger partial charge in [-0.1, -0.05) is 12.1 Å². The summed E-state index contributed by atoms with van der Waals surface area (Å²) in [6.45, 7) is 0. The van der Waals surface area contributed by atoms with Crippen LogP contribution in [0.2, 0.25) is 0 Å². The molecule has 2 rings (SSSR count). The quantitative estimate of drug-likeness (QED) is 0.249. The molecule has 144 valence electrons. The van der Waals surface area contributed by atoms with E-state index in [2.05, 4.69) is 8.92 Å². The molecule has 0 atom stereocenters. The Bertz CT molecular complexity index is 998. The number of ketones is 1. The van der Waals surface area contributed by atoms with Crippen molar-refractivity contribution in [2.45, 2.75) is 5.51 Å². The molecule has 0 amide bonds. The van der Waals surface area contributed by atoms with E-state index in [9.17, 15) is 35.6 Å². The molecule has 2 aromatic rings. The zero-order valence-corrected chi connectivity index (χ0v) is 14.2. The van der Waals surface area contributed by atoms with Gasteiger partial charge in [-0.05, 0) is 30.3 Å². The van der Waals surface area contributed by atoms with Gasteiger partial charge in [-0.15, -0.1) is 0 Å². The largest absolute Gasteiger partial charge is 0.534 e. The second-order valence-corrected chi connectivity index (χ2v) is 6.53. The summed E-state index contributed by atoms with van der Waals surface area (Å²) < 4.78 is 82.3. The highest BCUT2D eigenvalue weighted by Gasteiger charge is 2.49. The summed E-state index contributed by atoms with van der Waals surface area (Å²) in [5, 5.41) is 0. The number of hydrogen-bond donors (Lipinski definition) is 0. The molecule has 0 aliphatic rings. The minimum atomic E-state index is -6.12. The third-order valence-electron chi connectivity index (χ3n) is 3.25. The van der Waals surface area contributed by atoms with Crippen LogP contribution in [0.5, 0.6) is 5.75 Å². The van der Waals surface area contributed by atoms with Crippen molar-refractivity contribution in [3.63, 3.8) is 0 Å². The molecule has 0 radical (unpaired) electrons. The fraction of sp³-hybridized carbons (Fsp3) is 0.125. The Labute approximate surface area is 150 Å². The Kier molecular flexibility index (Phi) is 5.54. The maximum Gasteiger partial charge on any atom is 0.534 e. The molecule has 0 aliphatic heterocycles. The van der Waals surface area contributed by atoms with E-state index in [1.165, 1.54) is 12.1 Å². The van der Waals surface area contributed by atoms with Crippen LogP contribution in [0.15, 0.2) is 42.5 Å². The van der Waals surface area contributed by atoms with Gasteiger partial charge in [0.2, 0.25) is 0 Å². The van der Waals surface area contributed by atoms with Gasteiger partial charge in [0, 0.05) is 5.56 Å². The lowest BCUT2D eigenvalue weighted by molar-refractivity contribution is -0.0500. The molecule has 2 aromatic carbocycles. The minimum Gasteiger partial charge on any atom is -0.465 e. The standard InChI is InChI=1S/C16H10F4O6S/c1-25-15(22)11-7-6-9(14(21)10-4-2-3-5-12(10)17)8-13(11)26-27(23,24)16(18,19)20/h2-8H,1H3. The van der Waals surface area contributed by atoms with E-state index >= 15 is 0 Å². The number of ether oxygens (including phenoxy) is 1. The number of methoxy groups -OCH3 is 1. The lowest BCUT2D eigenvalue weighted by Crippen LogP contribution is -2.28. The Morgan fingerprint density at radius 2 is 1.63 bits per heavy atom. The number of carbonyl (C=O) groups excluding carboxylic acids is 2. The van der Waals surface area contributed by atoms with Gasteiger partial charge in [0.15, 0.2) is 11.5 Å². The third-order valence-corrected chi connectivity index (χ3v) is 4.22. The van der Waals surface area contributed by atoms with E-state index in [0.29, 0.717) is 6.07 Å². The van der Waals surface area contributed by atoms with Crippen molar-refractivity contribution in [1.82, 2.24) is 0 Å². The highest BCUT2D eigenvalue weighted by molar-refractivity contribution is 7.88. The Balaban J connectivity index is 2.57. The number of carbonyl (C=O) groups is 2. The van der Waals surface area contributed by atoms with Gasteiger partial charge >= 0.3 is 21.6 Å². The Morgan fingerprint density at radius 3 is 2.19 bits per heavy atom. The van der Waals surface area contributed by atoms with Crippen LogP contribution in [-0.4, -0.2) is 32.8 Å². The summed E-state index contributed by atoms with van der Waals surface area (Å²) in [6, 6.07) is 7.20. The van der Waals surface area contributed by atoms with E-state index in [1.54, 1.807) is 0 Å². The lowest BCUT2D eigenvalue weighted by atomic mass is 10.0. The second-order valence-electron chi connectivity index (χ2n) is 4.99. The van der Waals surface area contributed by atoms with Gasteiger partial charge in [0.25, 0.3) is 0 Å². The highest BCUT2D eigenvalue weighted by Crippen LogP contribution is 2.30. The number of halogens is 4. The van der Waals surface area contributed by atoms with Gasteiger partial charge in [0.1, 0.15) is 11.4 Å². The van der Waals surface area contributed by atoms with Crippen LogP contribution in [0.3, 0.4) is 0 Å². The molecular formula is C16H10F4O6S. The number of benzene rings is 2. The maximum absolute atomic E-state index is 13.7. The van der Waals surface area contributed by atoms with Crippen molar-refractivity contribution in [1.29, 1.82) is 0 Å². The molecule has 0 aromatic heterocycles. The predicted octanol–water partition coefficient (Wildman–Crippen LogP) is 3.07. The van der Waals surface area contributed by atoms with E-state index in [-0.39, 0.29) is 0 Å². The number of alkyl halides is 3. The molecule has 0 spiro atoms. The van der Waals surface area contributed by atoms with E-state index in [4.69, 9.17) is 0 Å². The predicted molar refractivity (Wildman–Crippen MR) is 83.2 cm³/mol. The molecule has 0 N–H and O–H groups in total. The number of hydrogen-bond acceptors (Lipinski definition) is 6. The second kappa shape index (κ2) is 7.35. The normalized spacial score (nSPS) is 11.7. The zero-order valence-electron chi connectivity index (χ0n) is 13.4. The topological polar surface area (TPSA) is 86.7 Å². The average Bonchev–Trinajstić information content (AvgIpc) is 2.59. The van der Waals surface area contributed by atoms with Crippen LogP contribution in [0.4, 0.5) is 17.6 Å². The molecule has 11 heteroatoms. The Hall–Kier alpha value is -2.95. The average molecular weight is 406 g/mol. The fourth-order valence-electron chi connectivity index (χ4n) is 1.98. The van der Waals surface area contributed by atoms with Gasteiger partial charge in [0.05, 0.1) is 12.7 Å². The smallest absolute Gasteiger partial charge is 0.465 e. The van der Waals surface area contributed by atoms with E-state index < -0.39 is 55.6 Å². The van der Waals surface area contributed by atoms with Crippen molar-refractivity contribution in [3.05, 3.63) is 65.0 Å². The van der Waals surface area contributed by atoms with Crippen LogP contribution >= 0.6 is 0 Å². The first-order valence-corrected chi connectivity index (χ1v) is 8.41. The molecule has 6 nitrogen and oxygen atoms in total. The van der Waals surface area contributed by atoms with Gasteiger partial charge in [-0.2, -0.15) is 21.6 Å². The van der Waals surface area contributed by atoms with Crippen LogP contribution in [-0.2, 0) is 14.9 Å². The fourth-order valence-corrected chi connectivity index (χ4v) is 2.45. The lowest BCUT2D eigenvalue weighted by Gasteiger charge is -2.13. The summed E-state index contributed by atoms with van der Waals surface area (Å²) in [4.78, 5) is 24.0. The van der Waals surface area contributed by atoms with E-state index in [0.717, 1.165) is 31.4 Å². The first kappa shape index (κ1) is 20.4. The van der Waals surface area contributed by atoms with Crippen LogP contribution < -0.4 is 4.18 Å². The van der Waals surface area contributed by atoms with Crippen molar-refractivity contribution in [2.75, 3.05) is 7.11 Å². The molecule has 0 aliphatic carbocycles. The van der Waals surface area contributed by atoms with Crippen molar-refractivity contribution in [3.8, 4) is 5.75 Å². The first-order chi connectivity index (χ1) is 12.5. The van der Waals surface area contributed by atoms with E-state index in [1.807, 2.05) is 0 Å². The molecule has 27 heavy (non-hydrogen) atoms. The van der Waals surface area contributed by atoms with Crippen molar-refractivity contribution >= 4 is 21.9 Å². The van der Waals surface area contributed by atoms with Crippen molar-refractivity contribution < 1.29 is 44.5 Å². The zero-order chi connectivity index (χ0) is 20.4. The highest BCUT2D eigenvalue weighted by atomic mass is 32.2. The first-order valence-electron chi connectivity index (χ1n) is 7.00. The number of rotatable bonds is 5. The summed E-state index contributed by atoms with van der Waals surface area (Å²) >= 11 is 0. The number of esters is 1. The van der Waals surface area contributed by atoms with Crippen LogP contribution in [0.25, 0.3) is 0 Å². The molecule has 0 saturated carbocycles. The molecule has 0 unspecified atom stereocenters. The molecule has 0 bridgehead atoms. The Morgan fingerprint density at radius 1 is 1.00 bits per heavy atom. The maximum atomic E-state index is 13.7. The minimum absolute atomic E-state index is 0.403. The van der Waals surface area contributed by atoms with Gasteiger partial charge in [-0.3, -0.25) is 4.79 Å². The summed E-state index contributed by atoms with van der Waals surface area (Å²) in [6.07, 6.45) is 0. The molecule has 0 saturated heterocycles. The summed E-state index contributed by atoms with van der Waals surface area (Å²) in [5.41, 5.74) is -7.25. The summed E-state index contributed by atoms with van der Waals surface area (Å²) in [5.74, 6) is -4.14. The molecule has 0 heterocycles. The van der Waals surface area contributed by atoms with Crippen LogP contribution in [0.1, 0.15) is 26.3 Å². The molecular weight excluding hydrogens is 396 g/mol. The monoisotopic (exact) mass is 406 g/mol. The van der Waals surface area contributed by atoms with Crippen molar-refractivity contribution in [2.24, 2.45) is 0 Å².